The Morgan fingerprint density at radius 3 is 2.02 bits per heavy atom. The molecule has 0 radical (unpaired) electrons. The zero-order valence-electron chi connectivity index (χ0n) is 26.4. The molecule has 4 nitrogen and oxygen atoms in total. The minimum absolute atomic E-state index is 0.133. The highest BCUT2D eigenvalue weighted by atomic mass is 16.3. The molecule has 0 aliphatic heterocycles. The lowest BCUT2D eigenvalue weighted by Gasteiger charge is -2.21. The van der Waals surface area contributed by atoms with Crippen molar-refractivity contribution >= 4 is 54.3 Å². The van der Waals surface area contributed by atoms with E-state index in [1.807, 2.05) is 18.2 Å². The number of hydrogen-bond donors (Lipinski definition) is 0. The van der Waals surface area contributed by atoms with Crippen LogP contribution < -0.4 is 0 Å². The number of rotatable bonds is 3. The molecule has 0 fully saturated rings. The monoisotopic (exact) mass is 613 g/mol. The van der Waals surface area contributed by atoms with Crippen LogP contribution in [0.4, 0.5) is 0 Å². The summed E-state index contributed by atoms with van der Waals surface area (Å²) < 4.78 is 6.80. The van der Waals surface area contributed by atoms with Gasteiger partial charge in [-0.25, -0.2) is 15.0 Å². The molecule has 0 spiro atoms. The van der Waals surface area contributed by atoms with E-state index in [1.54, 1.807) is 0 Å². The number of nitrogens with zero attached hydrogens (tertiary/aromatic N) is 3. The summed E-state index contributed by atoms with van der Waals surface area (Å²) >= 11 is 0. The average Bonchev–Trinajstić information content (AvgIpc) is 3.64. The van der Waals surface area contributed by atoms with Crippen molar-refractivity contribution in [1.29, 1.82) is 0 Å². The molecule has 0 atom stereocenters. The van der Waals surface area contributed by atoms with Crippen molar-refractivity contribution in [3.63, 3.8) is 0 Å². The first-order valence-corrected chi connectivity index (χ1v) is 16.5. The largest absolute Gasteiger partial charge is 0.455 e. The van der Waals surface area contributed by atoms with Gasteiger partial charge in [0.1, 0.15) is 11.2 Å². The van der Waals surface area contributed by atoms with E-state index in [1.165, 1.54) is 49.2 Å². The lowest BCUT2D eigenvalue weighted by Crippen LogP contribution is -2.14. The van der Waals surface area contributed by atoms with E-state index in [0.717, 1.165) is 44.0 Å². The predicted molar refractivity (Wildman–Crippen MR) is 196 cm³/mol. The van der Waals surface area contributed by atoms with E-state index in [0.29, 0.717) is 17.5 Å². The van der Waals surface area contributed by atoms with Crippen LogP contribution in [-0.4, -0.2) is 15.0 Å². The molecule has 4 heteroatoms. The van der Waals surface area contributed by atoms with Crippen LogP contribution >= 0.6 is 0 Å². The number of furan rings is 1. The van der Waals surface area contributed by atoms with Crippen molar-refractivity contribution in [2.75, 3.05) is 0 Å². The molecule has 10 aromatic rings. The van der Waals surface area contributed by atoms with Gasteiger partial charge in [0.25, 0.3) is 0 Å². The summed E-state index contributed by atoms with van der Waals surface area (Å²) in [7, 11) is 0. The van der Waals surface area contributed by atoms with Crippen molar-refractivity contribution in [3.05, 3.63) is 139 Å². The summed E-state index contributed by atoms with van der Waals surface area (Å²) in [4.78, 5) is 15.7. The van der Waals surface area contributed by atoms with Gasteiger partial charge in [0.15, 0.2) is 17.5 Å². The lowest BCUT2D eigenvalue weighted by atomic mass is 9.82. The third-order valence-electron chi connectivity index (χ3n) is 10.6. The molecule has 48 heavy (non-hydrogen) atoms. The zero-order chi connectivity index (χ0) is 31.7. The van der Waals surface area contributed by atoms with Crippen LogP contribution in [0.5, 0.6) is 0 Å². The van der Waals surface area contributed by atoms with Gasteiger partial charge in [0, 0.05) is 32.7 Å². The van der Waals surface area contributed by atoms with E-state index in [9.17, 15) is 0 Å². The second-order valence-electron chi connectivity index (χ2n) is 13.5. The number of hydrogen-bond acceptors (Lipinski definition) is 4. The summed E-state index contributed by atoms with van der Waals surface area (Å²) in [6.07, 6.45) is 0. The van der Waals surface area contributed by atoms with Gasteiger partial charge in [-0.3, -0.25) is 0 Å². The molecule has 0 amide bonds. The fraction of sp³-hybridized carbons (Fsp3) is 0.0682. The average molecular weight is 614 g/mol. The van der Waals surface area contributed by atoms with Gasteiger partial charge in [-0.2, -0.15) is 0 Å². The maximum atomic E-state index is 6.80. The van der Waals surface area contributed by atoms with Crippen LogP contribution in [0.3, 0.4) is 0 Å². The highest BCUT2D eigenvalue weighted by Gasteiger charge is 2.37. The van der Waals surface area contributed by atoms with Gasteiger partial charge in [-0.1, -0.05) is 129 Å². The zero-order valence-corrected chi connectivity index (χ0v) is 26.4. The summed E-state index contributed by atoms with van der Waals surface area (Å²) in [5.74, 6) is 1.89. The molecule has 224 valence electrons. The normalized spacial score (nSPS) is 13.8. The van der Waals surface area contributed by atoms with Crippen molar-refractivity contribution < 1.29 is 4.42 Å². The molecule has 11 rings (SSSR count). The summed E-state index contributed by atoms with van der Waals surface area (Å²) in [6, 6.07) is 45.1. The number of aromatic nitrogens is 3. The van der Waals surface area contributed by atoms with Crippen molar-refractivity contribution in [1.82, 2.24) is 15.0 Å². The van der Waals surface area contributed by atoms with Crippen LogP contribution in [0.1, 0.15) is 25.0 Å². The van der Waals surface area contributed by atoms with E-state index in [-0.39, 0.29) is 5.41 Å². The molecule has 0 unspecified atom stereocenters. The van der Waals surface area contributed by atoms with Crippen LogP contribution in [0.25, 0.3) is 99.5 Å². The Balaban J connectivity index is 1.25. The Labute approximate surface area is 276 Å². The van der Waals surface area contributed by atoms with Crippen LogP contribution in [0.2, 0.25) is 0 Å². The van der Waals surface area contributed by atoms with Gasteiger partial charge in [0.05, 0.1) is 5.56 Å². The molecule has 0 saturated heterocycles. The minimum Gasteiger partial charge on any atom is -0.455 e. The summed E-state index contributed by atoms with van der Waals surface area (Å²) in [5, 5.41) is 9.63. The Morgan fingerprint density at radius 1 is 0.479 bits per heavy atom. The Hall–Kier alpha value is -6.13. The first kappa shape index (κ1) is 26.0. The topological polar surface area (TPSA) is 51.8 Å². The molecule has 8 aromatic carbocycles. The van der Waals surface area contributed by atoms with Gasteiger partial charge in [0.2, 0.25) is 0 Å². The van der Waals surface area contributed by atoms with Gasteiger partial charge < -0.3 is 4.42 Å². The fourth-order valence-electron chi connectivity index (χ4n) is 8.47. The number of benzene rings is 8. The fourth-order valence-corrected chi connectivity index (χ4v) is 8.47. The van der Waals surface area contributed by atoms with Crippen LogP contribution in [0.15, 0.2) is 132 Å². The highest BCUT2D eigenvalue weighted by Crippen LogP contribution is 2.52. The molecule has 1 aliphatic carbocycles. The maximum absolute atomic E-state index is 6.80. The van der Waals surface area contributed by atoms with Crippen molar-refractivity contribution in [3.8, 4) is 45.3 Å². The van der Waals surface area contributed by atoms with Crippen LogP contribution in [0, 0.1) is 0 Å². The first-order valence-electron chi connectivity index (χ1n) is 16.5. The third-order valence-corrected chi connectivity index (χ3v) is 10.6. The standard InChI is InChI=1S/C44H27N3O/c1-44(2)32-18-7-6-14-29(32)37-30(17-9-19-33(37)44)42-45-41(25-11-4-3-5-12-25)46-43(47-42)31-23-26-22-21-24-13-8-15-27-28-16-10-20-34-38(28)39(40(31)48-34)36(26)35(24)27/h3-23H,1-2H3. The van der Waals surface area contributed by atoms with Gasteiger partial charge in [-0.05, 0) is 61.3 Å². The molecular formula is C44H27N3O. The minimum atomic E-state index is -0.133. The summed E-state index contributed by atoms with van der Waals surface area (Å²) in [5.41, 5.74) is 9.40. The predicted octanol–water partition coefficient (Wildman–Crippen LogP) is 11.4. The number of fused-ring (bicyclic) bond motifs is 4. The SMILES string of the molecule is CC1(C)c2ccccc2-c2c(-c3nc(-c4ccccc4)nc(-c4cc5ccc6cccc7c8cccc9oc4c(c98)c5c67)n3)cccc21. The smallest absolute Gasteiger partial charge is 0.167 e. The molecule has 2 heterocycles. The first-order chi connectivity index (χ1) is 23.6. The van der Waals surface area contributed by atoms with E-state index in [2.05, 4.69) is 123 Å². The Bertz CT molecular complexity index is 2920. The highest BCUT2D eigenvalue weighted by molar-refractivity contribution is 6.40. The van der Waals surface area contributed by atoms with Gasteiger partial charge in [-0.15, -0.1) is 0 Å². The second kappa shape index (κ2) is 9.02. The quantitative estimate of drug-likeness (QED) is 0.147. The second-order valence-corrected chi connectivity index (χ2v) is 13.5. The lowest BCUT2D eigenvalue weighted by molar-refractivity contribution is 0.660. The molecule has 0 saturated carbocycles. The Morgan fingerprint density at radius 2 is 1.15 bits per heavy atom. The molecule has 1 aliphatic rings. The van der Waals surface area contributed by atoms with Crippen molar-refractivity contribution in [2.45, 2.75) is 19.3 Å². The van der Waals surface area contributed by atoms with E-state index < -0.39 is 0 Å². The maximum Gasteiger partial charge on any atom is 0.167 e. The van der Waals surface area contributed by atoms with Gasteiger partial charge >= 0.3 is 0 Å². The van der Waals surface area contributed by atoms with Crippen LogP contribution in [-0.2, 0) is 5.41 Å². The van der Waals surface area contributed by atoms with Crippen molar-refractivity contribution in [2.24, 2.45) is 0 Å². The molecular weight excluding hydrogens is 587 g/mol. The third kappa shape index (κ3) is 3.26. The molecule has 0 N–H and O–H groups in total. The Kier molecular flexibility index (Phi) is 4.88. The molecule has 2 aromatic heterocycles. The van der Waals surface area contributed by atoms with E-state index in [4.69, 9.17) is 19.4 Å². The molecule has 0 bridgehead atoms. The van der Waals surface area contributed by atoms with E-state index >= 15 is 0 Å². The summed E-state index contributed by atoms with van der Waals surface area (Å²) in [6.45, 7) is 4.60.